The highest BCUT2D eigenvalue weighted by molar-refractivity contribution is 6.41. The molecule has 0 atom stereocenters. The molecular weight excluding hydrogens is 385 g/mol. The molecule has 1 aliphatic heterocycles. The Labute approximate surface area is 169 Å². The second-order valence-corrected chi connectivity index (χ2v) is 9.91. The lowest BCUT2D eigenvalue weighted by Gasteiger charge is -2.57. The zero-order chi connectivity index (χ0) is 18.8. The largest absolute Gasteiger partial charge is 0.340 e. The van der Waals surface area contributed by atoms with E-state index >= 15 is 0 Å². The molecule has 2 heterocycles. The second kappa shape index (κ2) is 6.41. The summed E-state index contributed by atoms with van der Waals surface area (Å²) in [7, 11) is 0. The molecule has 1 N–H and O–H groups in total. The lowest BCUT2D eigenvalue weighted by Crippen LogP contribution is -2.58. The van der Waals surface area contributed by atoms with Crippen LogP contribution in [0.1, 0.15) is 49.0 Å². The number of aromatic amines is 1. The smallest absolute Gasteiger partial charge is 0.270 e. The Hall–Kier alpha value is -1.20. The Morgan fingerprint density at radius 3 is 1.93 bits per heavy atom. The predicted molar refractivity (Wildman–Crippen MR) is 104 cm³/mol. The van der Waals surface area contributed by atoms with Gasteiger partial charge in [0.25, 0.3) is 5.91 Å². The first-order chi connectivity index (χ1) is 12.9. The Morgan fingerprint density at radius 1 is 0.926 bits per heavy atom. The number of piperazine rings is 1. The van der Waals surface area contributed by atoms with E-state index in [1.165, 1.54) is 19.3 Å². The van der Waals surface area contributed by atoms with Gasteiger partial charge < -0.3 is 14.8 Å². The monoisotopic (exact) mass is 409 g/mol. The summed E-state index contributed by atoms with van der Waals surface area (Å²) in [5, 5.41) is 0.645. The van der Waals surface area contributed by atoms with Crippen LogP contribution in [0.25, 0.3) is 0 Å². The van der Waals surface area contributed by atoms with Crippen LogP contribution in [0, 0.1) is 23.2 Å². The average molecular weight is 410 g/mol. The first-order valence-corrected chi connectivity index (χ1v) is 10.8. The van der Waals surface area contributed by atoms with Crippen LogP contribution in [0.15, 0.2) is 6.07 Å². The van der Waals surface area contributed by atoms with E-state index in [-0.39, 0.29) is 16.5 Å². The highest BCUT2D eigenvalue weighted by atomic mass is 35.5. The SMILES string of the molecule is O=C(c1cc(Cl)c(Cl)[nH]1)N1CCN(C(=O)C23CC4CC(CC(C4)C2)C3)CC1. The molecule has 0 unspecified atom stereocenters. The molecule has 0 aromatic carbocycles. The first-order valence-electron chi connectivity index (χ1n) is 10.1. The molecule has 5 nitrogen and oxygen atoms in total. The molecule has 146 valence electrons. The number of H-pyrrole nitrogens is 1. The molecule has 5 aliphatic rings. The van der Waals surface area contributed by atoms with Gasteiger partial charge in [0.1, 0.15) is 10.8 Å². The third-order valence-electron chi connectivity index (χ3n) is 7.30. The normalized spacial score (nSPS) is 35.0. The van der Waals surface area contributed by atoms with Crippen LogP contribution >= 0.6 is 23.2 Å². The van der Waals surface area contributed by atoms with Crippen LogP contribution in [0.4, 0.5) is 0 Å². The number of hydrogen-bond donors (Lipinski definition) is 1. The lowest BCUT2D eigenvalue weighted by molar-refractivity contribution is -0.159. The van der Waals surface area contributed by atoms with E-state index < -0.39 is 0 Å². The van der Waals surface area contributed by atoms with Gasteiger partial charge in [-0.15, -0.1) is 0 Å². The first kappa shape index (κ1) is 17.9. The van der Waals surface area contributed by atoms with Gasteiger partial charge in [-0.1, -0.05) is 23.2 Å². The van der Waals surface area contributed by atoms with Crippen LogP contribution in [-0.2, 0) is 4.79 Å². The molecule has 4 bridgehead atoms. The number of hydrogen-bond acceptors (Lipinski definition) is 2. The summed E-state index contributed by atoms with van der Waals surface area (Å²) in [4.78, 5) is 32.7. The lowest BCUT2D eigenvalue weighted by atomic mass is 9.49. The number of carbonyl (C=O) groups excluding carboxylic acids is 2. The quantitative estimate of drug-likeness (QED) is 0.806. The molecule has 2 amide bonds. The number of aromatic nitrogens is 1. The summed E-state index contributed by atoms with van der Waals surface area (Å²) in [6, 6.07) is 1.57. The van der Waals surface area contributed by atoms with Crippen molar-refractivity contribution >= 4 is 35.0 Å². The molecule has 1 aromatic heterocycles. The third-order valence-corrected chi connectivity index (χ3v) is 7.99. The standard InChI is InChI=1S/C20H25Cl2N3O2/c21-15-8-16(23-17(15)22)18(26)24-1-3-25(4-2-24)19(27)20-9-12-5-13(10-20)7-14(6-12)11-20/h8,12-14,23H,1-7,9-11H2. The fraction of sp³-hybridized carbons (Fsp3) is 0.700. The van der Waals surface area contributed by atoms with Gasteiger partial charge in [0, 0.05) is 26.2 Å². The van der Waals surface area contributed by atoms with Gasteiger partial charge in [0.05, 0.1) is 10.4 Å². The highest BCUT2D eigenvalue weighted by Gasteiger charge is 2.55. The number of halogens is 2. The van der Waals surface area contributed by atoms with Crippen LogP contribution < -0.4 is 0 Å². The maximum absolute atomic E-state index is 13.4. The topological polar surface area (TPSA) is 56.4 Å². The van der Waals surface area contributed by atoms with Crippen LogP contribution in [0.2, 0.25) is 10.2 Å². The van der Waals surface area contributed by atoms with Crippen molar-refractivity contribution in [2.24, 2.45) is 23.2 Å². The fourth-order valence-corrected chi connectivity index (χ4v) is 6.82. The van der Waals surface area contributed by atoms with Gasteiger partial charge in [0.2, 0.25) is 5.91 Å². The molecular formula is C20H25Cl2N3O2. The fourth-order valence-electron chi connectivity index (χ4n) is 6.51. The number of carbonyl (C=O) groups is 2. The predicted octanol–water partition coefficient (Wildman–Crippen LogP) is 3.82. The third kappa shape index (κ3) is 2.98. The average Bonchev–Trinajstić information content (AvgIpc) is 2.98. The molecule has 6 rings (SSSR count). The summed E-state index contributed by atoms with van der Waals surface area (Å²) >= 11 is 11.9. The van der Waals surface area contributed by atoms with Gasteiger partial charge in [-0.25, -0.2) is 0 Å². The van der Waals surface area contributed by atoms with Crippen molar-refractivity contribution in [3.8, 4) is 0 Å². The van der Waals surface area contributed by atoms with E-state index in [0.29, 0.717) is 42.8 Å². The maximum Gasteiger partial charge on any atom is 0.270 e. The van der Waals surface area contributed by atoms with E-state index in [1.807, 2.05) is 4.90 Å². The van der Waals surface area contributed by atoms with Gasteiger partial charge >= 0.3 is 0 Å². The van der Waals surface area contributed by atoms with Gasteiger partial charge in [0.15, 0.2) is 0 Å². The maximum atomic E-state index is 13.4. The van der Waals surface area contributed by atoms with Crippen molar-refractivity contribution < 1.29 is 9.59 Å². The molecule has 1 saturated heterocycles. The van der Waals surface area contributed by atoms with Crippen LogP contribution in [-0.4, -0.2) is 52.8 Å². The van der Waals surface area contributed by atoms with Gasteiger partial charge in [-0.3, -0.25) is 9.59 Å². The molecule has 0 radical (unpaired) electrons. The molecule has 4 saturated carbocycles. The summed E-state index contributed by atoms with van der Waals surface area (Å²) in [6.07, 6.45) is 7.31. The van der Waals surface area contributed by atoms with Crippen molar-refractivity contribution in [3.05, 3.63) is 21.9 Å². The number of nitrogens with one attached hydrogen (secondary N) is 1. The molecule has 4 aliphatic carbocycles. The van der Waals surface area contributed by atoms with Crippen molar-refractivity contribution in [2.45, 2.75) is 38.5 Å². The summed E-state index contributed by atoms with van der Waals surface area (Å²) in [6.45, 7) is 2.36. The van der Waals surface area contributed by atoms with Gasteiger partial charge in [-0.2, -0.15) is 0 Å². The van der Waals surface area contributed by atoms with E-state index in [4.69, 9.17) is 23.2 Å². The number of nitrogens with zero attached hydrogens (tertiary/aromatic N) is 2. The summed E-state index contributed by atoms with van der Waals surface area (Å²) < 4.78 is 0. The van der Waals surface area contributed by atoms with Crippen molar-refractivity contribution in [3.63, 3.8) is 0 Å². The molecule has 0 spiro atoms. The van der Waals surface area contributed by atoms with E-state index in [0.717, 1.165) is 37.0 Å². The van der Waals surface area contributed by atoms with E-state index in [2.05, 4.69) is 4.98 Å². The van der Waals surface area contributed by atoms with Crippen molar-refractivity contribution in [2.75, 3.05) is 26.2 Å². The minimum Gasteiger partial charge on any atom is -0.340 e. The molecule has 27 heavy (non-hydrogen) atoms. The van der Waals surface area contributed by atoms with Crippen molar-refractivity contribution in [1.82, 2.24) is 14.8 Å². The second-order valence-electron chi connectivity index (χ2n) is 9.13. The van der Waals surface area contributed by atoms with Crippen LogP contribution in [0.3, 0.4) is 0 Å². The van der Waals surface area contributed by atoms with Crippen LogP contribution in [0.5, 0.6) is 0 Å². The number of amides is 2. The molecule has 5 fully saturated rings. The summed E-state index contributed by atoms with van der Waals surface area (Å²) in [5.74, 6) is 2.56. The minimum absolute atomic E-state index is 0.0958. The Morgan fingerprint density at radius 2 is 1.44 bits per heavy atom. The Balaban J connectivity index is 1.24. The molecule has 7 heteroatoms. The van der Waals surface area contributed by atoms with E-state index in [1.54, 1.807) is 11.0 Å². The number of rotatable bonds is 2. The zero-order valence-electron chi connectivity index (χ0n) is 15.3. The van der Waals surface area contributed by atoms with Crippen molar-refractivity contribution in [1.29, 1.82) is 0 Å². The molecule has 1 aromatic rings. The zero-order valence-corrected chi connectivity index (χ0v) is 16.9. The Bertz CT molecular complexity index is 727. The Kier molecular flexibility index (Phi) is 4.24. The minimum atomic E-state index is -0.106. The van der Waals surface area contributed by atoms with Gasteiger partial charge in [-0.05, 0) is 62.3 Å². The highest BCUT2D eigenvalue weighted by Crippen LogP contribution is 2.60. The van der Waals surface area contributed by atoms with E-state index in [9.17, 15) is 9.59 Å². The summed E-state index contributed by atoms with van der Waals surface area (Å²) in [5.41, 5.74) is 0.312.